The summed E-state index contributed by atoms with van der Waals surface area (Å²) in [4.78, 5) is 28.5. The van der Waals surface area contributed by atoms with E-state index in [0.717, 1.165) is 48.1 Å². The molecule has 1 saturated heterocycles. The van der Waals surface area contributed by atoms with Gasteiger partial charge >= 0.3 is 0 Å². The third-order valence-electron chi connectivity index (χ3n) is 5.77. The van der Waals surface area contributed by atoms with E-state index in [1.54, 1.807) is 41.5 Å². The number of ether oxygens (including phenoxy) is 1. The van der Waals surface area contributed by atoms with Gasteiger partial charge in [0.15, 0.2) is 0 Å². The number of hydrogen-bond donors (Lipinski definition) is 1. The molecule has 9 nitrogen and oxygen atoms in total. The first-order chi connectivity index (χ1) is 16.0. The average molecular weight is 444 g/mol. The minimum atomic E-state index is -0.277. The first-order valence-corrected chi connectivity index (χ1v) is 10.9. The maximum atomic E-state index is 12.9. The van der Waals surface area contributed by atoms with E-state index in [2.05, 4.69) is 32.3 Å². The number of hydrogen-bond acceptors (Lipinski definition) is 7. The predicted molar refractivity (Wildman–Crippen MR) is 125 cm³/mol. The van der Waals surface area contributed by atoms with Gasteiger partial charge in [0.25, 0.3) is 5.91 Å². The Kier molecular flexibility index (Phi) is 5.70. The van der Waals surface area contributed by atoms with Gasteiger partial charge in [-0.3, -0.25) is 9.48 Å². The lowest BCUT2D eigenvalue weighted by molar-refractivity contribution is 0.101. The lowest BCUT2D eigenvalue weighted by atomic mass is 10.1. The fraction of sp³-hybridized carbons (Fsp3) is 0.292. The first-order valence-electron chi connectivity index (χ1n) is 10.9. The SMILES string of the molecule is CN1CCC(Oc2cc(C(=O)Nc3cc4nc(-c5cnn(C)c5)ccc4cn3)ccn2)CC1. The minimum Gasteiger partial charge on any atom is -0.474 e. The number of amides is 1. The zero-order valence-corrected chi connectivity index (χ0v) is 18.6. The summed E-state index contributed by atoms with van der Waals surface area (Å²) in [6, 6.07) is 9.00. The molecule has 4 aromatic heterocycles. The molecule has 9 heteroatoms. The van der Waals surface area contributed by atoms with Gasteiger partial charge in [-0.25, -0.2) is 15.0 Å². The number of aromatic nitrogens is 5. The van der Waals surface area contributed by atoms with Gasteiger partial charge in [-0.2, -0.15) is 5.10 Å². The summed E-state index contributed by atoms with van der Waals surface area (Å²) in [5.41, 5.74) is 2.94. The van der Waals surface area contributed by atoms with Crippen LogP contribution in [0.1, 0.15) is 23.2 Å². The highest BCUT2D eigenvalue weighted by atomic mass is 16.5. The predicted octanol–water partition coefficient (Wildman–Crippen LogP) is 3.15. The van der Waals surface area contributed by atoms with Crippen molar-refractivity contribution in [1.29, 1.82) is 0 Å². The van der Waals surface area contributed by atoms with Gasteiger partial charge in [0.05, 0.1) is 17.4 Å². The summed E-state index contributed by atoms with van der Waals surface area (Å²) in [6.45, 7) is 1.99. The van der Waals surface area contributed by atoms with Gasteiger partial charge < -0.3 is 15.0 Å². The molecule has 33 heavy (non-hydrogen) atoms. The third kappa shape index (κ3) is 4.83. The highest BCUT2D eigenvalue weighted by Crippen LogP contribution is 2.22. The minimum absolute atomic E-state index is 0.120. The zero-order valence-electron chi connectivity index (χ0n) is 18.6. The van der Waals surface area contributed by atoms with Crippen molar-refractivity contribution < 1.29 is 9.53 Å². The number of nitrogens with one attached hydrogen (secondary N) is 1. The molecule has 0 aromatic carbocycles. The molecule has 1 aliphatic heterocycles. The molecule has 1 aliphatic rings. The van der Waals surface area contributed by atoms with Crippen LogP contribution in [0.5, 0.6) is 5.88 Å². The van der Waals surface area contributed by atoms with Crippen molar-refractivity contribution >= 4 is 22.6 Å². The molecule has 0 radical (unpaired) electrons. The third-order valence-corrected chi connectivity index (χ3v) is 5.77. The van der Waals surface area contributed by atoms with Gasteiger partial charge in [0.2, 0.25) is 5.88 Å². The molecule has 0 bridgehead atoms. The molecule has 0 atom stereocenters. The number of carbonyl (C=O) groups excluding carboxylic acids is 1. The van der Waals surface area contributed by atoms with Crippen LogP contribution in [0.2, 0.25) is 0 Å². The van der Waals surface area contributed by atoms with Crippen molar-refractivity contribution in [3.63, 3.8) is 0 Å². The second-order valence-corrected chi connectivity index (χ2v) is 8.32. The van der Waals surface area contributed by atoms with Crippen molar-refractivity contribution in [2.75, 3.05) is 25.5 Å². The van der Waals surface area contributed by atoms with E-state index in [1.165, 1.54) is 0 Å². The van der Waals surface area contributed by atoms with Crippen molar-refractivity contribution in [2.45, 2.75) is 18.9 Å². The van der Waals surface area contributed by atoms with Gasteiger partial charge in [0, 0.05) is 67.4 Å². The molecule has 168 valence electrons. The van der Waals surface area contributed by atoms with Crippen LogP contribution in [0.3, 0.4) is 0 Å². The smallest absolute Gasteiger partial charge is 0.257 e. The molecule has 0 aliphatic carbocycles. The molecule has 0 saturated carbocycles. The quantitative estimate of drug-likeness (QED) is 0.506. The van der Waals surface area contributed by atoms with Gasteiger partial charge in [0.1, 0.15) is 11.9 Å². The summed E-state index contributed by atoms with van der Waals surface area (Å²) in [6.07, 6.45) is 8.99. The number of pyridine rings is 3. The molecule has 1 fully saturated rings. The van der Waals surface area contributed by atoms with E-state index < -0.39 is 0 Å². The summed E-state index contributed by atoms with van der Waals surface area (Å²) in [5, 5.41) is 7.94. The van der Waals surface area contributed by atoms with Crippen LogP contribution in [-0.2, 0) is 7.05 Å². The van der Waals surface area contributed by atoms with Crippen LogP contribution >= 0.6 is 0 Å². The van der Waals surface area contributed by atoms with Crippen LogP contribution in [0, 0.1) is 0 Å². The average Bonchev–Trinajstić information content (AvgIpc) is 3.26. The fourth-order valence-electron chi connectivity index (χ4n) is 3.88. The first kappa shape index (κ1) is 21.0. The van der Waals surface area contributed by atoms with E-state index in [9.17, 15) is 4.79 Å². The number of piperidine rings is 1. The summed E-state index contributed by atoms with van der Waals surface area (Å²) in [7, 11) is 3.97. The fourth-order valence-corrected chi connectivity index (χ4v) is 3.88. The lowest BCUT2D eigenvalue weighted by Gasteiger charge is -2.28. The summed E-state index contributed by atoms with van der Waals surface area (Å²) in [5.74, 6) is 0.616. The maximum Gasteiger partial charge on any atom is 0.257 e. The molecule has 5 rings (SSSR count). The Morgan fingerprint density at radius 2 is 1.94 bits per heavy atom. The van der Waals surface area contributed by atoms with E-state index in [0.29, 0.717) is 17.3 Å². The van der Waals surface area contributed by atoms with Crippen LogP contribution in [-0.4, -0.2) is 61.8 Å². The molecule has 0 unspecified atom stereocenters. The van der Waals surface area contributed by atoms with Gasteiger partial charge in [-0.1, -0.05) is 0 Å². The standard InChI is InChI=1S/C24H25N7O2/c1-30-9-6-19(7-10-30)33-23-11-16(5-8-25-23)24(32)29-22-12-21-17(13-26-22)3-4-20(28-21)18-14-27-31(2)15-18/h3-5,8,11-15,19H,6-7,9-10H2,1-2H3,(H,26,29,32). The molecule has 5 heterocycles. The van der Waals surface area contributed by atoms with E-state index in [-0.39, 0.29) is 12.0 Å². The molecular formula is C24H25N7O2. The lowest BCUT2D eigenvalue weighted by Crippen LogP contribution is -2.35. The molecular weight excluding hydrogens is 418 g/mol. The second-order valence-electron chi connectivity index (χ2n) is 8.32. The van der Waals surface area contributed by atoms with Crippen LogP contribution in [0.4, 0.5) is 5.82 Å². The van der Waals surface area contributed by atoms with Crippen molar-refractivity contribution in [3.8, 4) is 17.1 Å². The summed E-state index contributed by atoms with van der Waals surface area (Å²) >= 11 is 0. The monoisotopic (exact) mass is 443 g/mol. The molecule has 0 spiro atoms. The number of nitrogens with zero attached hydrogens (tertiary/aromatic N) is 6. The normalized spacial score (nSPS) is 15.0. The number of rotatable bonds is 5. The van der Waals surface area contributed by atoms with Gasteiger partial charge in [-0.15, -0.1) is 0 Å². The summed E-state index contributed by atoms with van der Waals surface area (Å²) < 4.78 is 7.74. The topological polar surface area (TPSA) is 98.1 Å². The highest BCUT2D eigenvalue weighted by molar-refractivity contribution is 6.04. The number of fused-ring (bicyclic) bond motifs is 1. The number of likely N-dealkylation sites (tertiary alicyclic amines) is 1. The van der Waals surface area contributed by atoms with E-state index in [4.69, 9.17) is 9.72 Å². The Morgan fingerprint density at radius 3 is 2.73 bits per heavy atom. The number of anilines is 1. The Bertz CT molecular complexity index is 1290. The Balaban J connectivity index is 1.31. The second kappa shape index (κ2) is 8.95. The molecule has 1 amide bonds. The van der Waals surface area contributed by atoms with Crippen LogP contribution < -0.4 is 10.1 Å². The Labute approximate surface area is 191 Å². The van der Waals surface area contributed by atoms with Crippen molar-refractivity contribution in [2.24, 2.45) is 7.05 Å². The van der Waals surface area contributed by atoms with E-state index in [1.807, 2.05) is 25.4 Å². The Hall–Kier alpha value is -3.85. The number of carbonyl (C=O) groups is 1. The largest absolute Gasteiger partial charge is 0.474 e. The number of aryl methyl sites for hydroxylation is 1. The van der Waals surface area contributed by atoms with Crippen molar-refractivity contribution in [1.82, 2.24) is 29.6 Å². The molecule has 4 aromatic rings. The molecule has 1 N–H and O–H groups in total. The van der Waals surface area contributed by atoms with E-state index >= 15 is 0 Å². The Morgan fingerprint density at radius 1 is 1.09 bits per heavy atom. The maximum absolute atomic E-state index is 12.9. The zero-order chi connectivity index (χ0) is 22.8. The highest BCUT2D eigenvalue weighted by Gasteiger charge is 2.19. The van der Waals surface area contributed by atoms with Crippen LogP contribution in [0.25, 0.3) is 22.2 Å². The van der Waals surface area contributed by atoms with Gasteiger partial charge in [-0.05, 0) is 38.1 Å². The van der Waals surface area contributed by atoms with Crippen LogP contribution in [0.15, 0.2) is 55.1 Å². The van der Waals surface area contributed by atoms with Crippen molar-refractivity contribution in [3.05, 3.63) is 60.7 Å².